The van der Waals surface area contributed by atoms with Crippen LogP contribution in [0.5, 0.6) is 0 Å². The first kappa shape index (κ1) is 64.5. The predicted molar refractivity (Wildman–Crippen MR) is 284 cm³/mol. The van der Waals surface area contributed by atoms with Crippen molar-refractivity contribution in [1.82, 2.24) is 0 Å². The molecule has 0 aromatic rings. The van der Waals surface area contributed by atoms with Crippen LogP contribution in [0.4, 0.5) is 0 Å². The number of carbonyl (C=O) groups is 1. The van der Waals surface area contributed by atoms with Crippen molar-refractivity contribution in [1.29, 1.82) is 0 Å². The molecular formula is C57H109NO7P+. The predicted octanol–water partition coefficient (Wildman–Crippen LogP) is 17.5. The maximum atomic E-state index is 12.8. The Kier molecular flexibility index (Phi) is 48.7. The first-order valence-corrected chi connectivity index (χ1v) is 29.4. The summed E-state index contributed by atoms with van der Waals surface area (Å²) in [5, 5.41) is 0. The lowest BCUT2D eigenvalue weighted by molar-refractivity contribution is -0.870. The second-order valence-electron chi connectivity index (χ2n) is 19.9. The van der Waals surface area contributed by atoms with Crippen LogP contribution in [0.3, 0.4) is 0 Å². The average Bonchev–Trinajstić information content (AvgIpc) is 3.28. The maximum absolute atomic E-state index is 12.8. The number of hydrogen-bond acceptors (Lipinski definition) is 6. The number of quaternary nitrogens is 1. The van der Waals surface area contributed by atoms with Crippen molar-refractivity contribution < 1.29 is 37.3 Å². The Bertz CT molecular complexity index is 1200. The van der Waals surface area contributed by atoms with Gasteiger partial charge in [-0.1, -0.05) is 242 Å². The number of rotatable bonds is 52. The molecule has 0 amide bonds. The third kappa shape index (κ3) is 53.4. The van der Waals surface area contributed by atoms with E-state index in [1.807, 2.05) is 21.1 Å². The van der Waals surface area contributed by atoms with Crippen molar-refractivity contribution in [3.63, 3.8) is 0 Å². The van der Waals surface area contributed by atoms with Crippen LogP contribution in [0.1, 0.15) is 251 Å². The number of hydrogen-bond donors (Lipinski definition) is 1. The van der Waals surface area contributed by atoms with Gasteiger partial charge in [0.05, 0.1) is 34.4 Å². The van der Waals surface area contributed by atoms with Crippen molar-refractivity contribution in [3.05, 3.63) is 48.6 Å². The summed E-state index contributed by atoms with van der Waals surface area (Å²) in [6, 6.07) is 0. The molecule has 0 rings (SSSR count). The van der Waals surface area contributed by atoms with E-state index in [2.05, 4.69) is 62.5 Å². The molecule has 0 aromatic heterocycles. The highest BCUT2D eigenvalue weighted by Gasteiger charge is 2.26. The number of ether oxygens (including phenoxy) is 2. The molecule has 0 heterocycles. The normalized spacial score (nSPS) is 13.8. The van der Waals surface area contributed by atoms with E-state index >= 15 is 0 Å². The average molecular weight is 951 g/mol. The molecule has 9 heteroatoms. The van der Waals surface area contributed by atoms with Crippen LogP contribution in [0.25, 0.3) is 0 Å². The lowest BCUT2D eigenvalue weighted by atomic mass is 10.0. The minimum absolute atomic E-state index is 0.0883. The molecule has 0 aromatic carbocycles. The minimum Gasteiger partial charge on any atom is -0.457 e. The van der Waals surface area contributed by atoms with E-state index in [-0.39, 0.29) is 25.8 Å². The Labute approximate surface area is 409 Å². The summed E-state index contributed by atoms with van der Waals surface area (Å²) in [4.78, 5) is 23.1. The molecule has 0 bridgehead atoms. The topological polar surface area (TPSA) is 91.3 Å². The summed E-state index contributed by atoms with van der Waals surface area (Å²) < 4.78 is 35.2. The zero-order valence-corrected chi connectivity index (χ0v) is 45.1. The van der Waals surface area contributed by atoms with E-state index in [4.69, 9.17) is 18.5 Å². The van der Waals surface area contributed by atoms with Crippen LogP contribution < -0.4 is 0 Å². The van der Waals surface area contributed by atoms with Gasteiger partial charge in [0, 0.05) is 13.0 Å². The zero-order valence-electron chi connectivity index (χ0n) is 44.2. The van der Waals surface area contributed by atoms with Gasteiger partial charge in [-0.05, 0) is 51.4 Å². The number of allylic oxidation sites excluding steroid dienone is 8. The Balaban J connectivity index is 4.08. The highest BCUT2D eigenvalue weighted by molar-refractivity contribution is 7.47. The molecule has 0 saturated carbocycles. The molecule has 1 N–H and O–H groups in total. The number of phosphoric acid groups is 1. The van der Waals surface area contributed by atoms with Crippen LogP contribution >= 0.6 is 7.82 Å². The van der Waals surface area contributed by atoms with Crippen LogP contribution in [-0.4, -0.2) is 75.6 Å². The SMILES string of the molecule is CC/C=C\C/C=C\C/C=C\C/C=C\CCCCCCCCCCCCC(=O)OC(COCCCCCCCCCCCCCCCCCCCCCCC)COP(=O)(O)OCC[N+](C)(C)C. The molecule has 0 aliphatic heterocycles. The van der Waals surface area contributed by atoms with Crippen molar-refractivity contribution in [2.75, 3.05) is 54.1 Å². The first-order valence-electron chi connectivity index (χ1n) is 27.9. The quantitative estimate of drug-likeness (QED) is 0.0213. The molecule has 0 aliphatic rings. The lowest BCUT2D eigenvalue weighted by Gasteiger charge is -2.24. The third-order valence-corrected chi connectivity index (χ3v) is 13.1. The number of nitrogens with zero attached hydrogens (tertiary/aromatic N) is 1. The molecule has 66 heavy (non-hydrogen) atoms. The van der Waals surface area contributed by atoms with Crippen LogP contribution in [-0.2, 0) is 27.9 Å². The highest BCUT2D eigenvalue weighted by Crippen LogP contribution is 2.43. The largest absolute Gasteiger partial charge is 0.472 e. The molecule has 0 aliphatic carbocycles. The Hall–Kier alpha value is -1.54. The van der Waals surface area contributed by atoms with E-state index in [9.17, 15) is 14.3 Å². The standard InChI is InChI=1S/C57H108NO7P/c1-6-8-10-12-14-16-18-20-22-24-26-28-29-30-32-34-36-38-40-42-44-46-48-50-57(59)65-56(55-64-66(60,61)63-53-51-58(3,4)5)54-62-52-49-47-45-43-41-39-37-35-33-31-27-25-23-21-19-17-15-13-11-9-7-2/h8,10,14,16,20,22,26,28,56H,6-7,9,11-13,15,17-19,21,23-25,27,29-55H2,1-5H3/p+1/b10-8-,16-14-,22-20-,28-26-. The van der Waals surface area contributed by atoms with E-state index in [1.165, 1.54) is 173 Å². The highest BCUT2D eigenvalue weighted by atomic mass is 31.2. The van der Waals surface area contributed by atoms with Gasteiger partial charge in [0.2, 0.25) is 0 Å². The van der Waals surface area contributed by atoms with Gasteiger partial charge in [0.15, 0.2) is 0 Å². The van der Waals surface area contributed by atoms with Crippen LogP contribution in [0.2, 0.25) is 0 Å². The maximum Gasteiger partial charge on any atom is 0.472 e. The second kappa shape index (κ2) is 49.9. The van der Waals surface area contributed by atoms with E-state index in [1.54, 1.807) is 0 Å². The van der Waals surface area contributed by atoms with E-state index in [0.717, 1.165) is 57.8 Å². The monoisotopic (exact) mass is 951 g/mol. The molecular weight excluding hydrogens is 842 g/mol. The van der Waals surface area contributed by atoms with Crippen molar-refractivity contribution in [2.24, 2.45) is 0 Å². The summed E-state index contributed by atoms with van der Waals surface area (Å²) in [7, 11) is 1.67. The summed E-state index contributed by atoms with van der Waals surface area (Å²) >= 11 is 0. The van der Waals surface area contributed by atoms with Gasteiger partial charge in [0.1, 0.15) is 19.3 Å². The number of unbranched alkanes of at least 4 members (excludes halogenated alkanes) is 30. The number of likely N-dealkylation sites (N-methyl/N-ethyl adjacent to an activating group) is 1. The molecule has 0 spiro atoms. The van der Waals surface area contributed by atoms with Crippen LogP contribution in [0.15, 0.2) is 48.6 Å². The summed E-state index contributed by atoms with van der Waals surface area (Å²) in [5.74, 6) is -0.315. The fraction of sp³-hybridized carbons (Fsp3) is 0.842. The molecule has 2 atom stereocenters. The Morgan fingerprint density at radius 2 is 0.879 bits per heavy atom. The van der Waals surface area contributed by atoms with Gasteiger partial charge in [0.25, 0.3) is 0 Å². The van der Waals surface area contributed by atoms with E-state index < -0.39 is 13.9 Å². The number of phosphoric ester groups is 1. The second-order valence-corrected chi connectivity index (χ2v) is 21.4. The number of carbonyl (C=O) groups excluding carboxylic acids is 1. The number of esters is 1. The minimum atomic E-state index is -4.28. The van der Waals surface area contributed by atoms with Crippen molar-refractivity contribution in [3.8, 4) is 0 Å². The van der Waals surface area contributed by atoms with Gasteiger partial charge in [-0.2, -0.15) is 0 Å². The summed E-state index contributed by atoms with van der Waals surface area (Å²) in [5.41, 5.74) is 0. The first-order chi connectivity index (χ1) is 32.1. The molecule has 0 saturated heterocycles. The smallest absolute Gasteiger partial charge is 0.457 e. The zero-order chi connectivity index (χ0) is 48.3. The van der Waals surface area contributed by atoms with Crippen LogP contribution in [0, 0.1) is 0 Å². The van der Waals surface area contributed by atoms with Crippen molar-refractivity contribution in [2.45, 2.75) is 258 Å². The van der Waals surface area contributed by atoms with E-state index in [0.29, 0.717) is 24.1 Å². The summed E-state index contributed by atoms with van der Waals surface area (Å²) in [6.07, 6.45) is 63.1. The molecule has 388 valence electrons. The Morgan fingerprint density at radius 1 is 0.485 bits per heavy atom. The molecule has 0 fully saturated rings. The van der Waals surface area contributed by atoms with Gasteiger partial charge < -0.3 is 18.9 Å². The molecule has 2 unspecified atom stereocenters. The third-order valence-electron chi connectivity index (χ3n) is 12.2. The van der Waals surface area contributed by atoms with Gasteiger partial charge >= 0.3 is 13.8 Å². The fourth-order valence-corrected chi connectivity index (χ4v) is 8.64. The summed E-state index contributed by atoms with van der Waals surface area (Å²) in [6.45, 7) is 5.56. The van der Waals surface area contributed by atoms with Gasteiger partial charge in [-0.15, -0.1) is 0 Å². The Morgan fingerprint density at radius 3 is 1.32 bits per heavy atom. The lowest BCUT2D eigenvalue weighted by Crippen LogP contribution is -2.37. The molecule has 8 nitrogen and oxygen atoms in total. The molecule has 0 radical (unpaired) electrons. The van der Waals surface area contributed by atoms with Crippen molar-refractivity contribution >= 4 is 13.8 Å². The van der Waals surface area contributed by atoms with Gasteiger partial charge in [-0.25, -0.2) is 4.57 Å². The fourth-order valence-electron chi connectivity index (χ4n) is 7.90. The van der Waals surface area contributed by atoms with Gasteiger partial charge in [-0.3, -0.25) is 13.8 Å².